The molecule has 6 heteroatoms. The number of carbonyl (C=O) groups excluding carboxylic acids is 1. The zero-order valence-corrected chi connectivity index (χ0v) is 11.6. The number of amides is 1. The molecule has 2 atom stereocenters. The molecule has 0 radical (unpaired) electrons. The first-order chi connectivity index (χ1) is 10.4. The van der Waals surface area contributed by atoms with Crippen LogP contribution in [0.25, 0.3) is 5.70 Å². The van der Waals surface area contributed by atoms with E-state index in [1.54, 1.807) is 24.3 Å². The fourth-order valence-electron chi connectivity index (χ4n) is 2.20. The van der Waals surface area contributed by atoms with Crippen molar-refractivity contribution in [2.45, 2.75) is 0 Å². The van der Waals surface area contributed by atoms with Crippen LogP contribution >= 0.6 is 0 Å². The largest absolute Gasteiger partial charge is 0.398 e. The van der Waals surface area contributed by atoms with Crippen LogP contribution in [0.4, 0.5) is 8.78 Å². The van der Waals surface area contributed by atoms with Crippen LogP contribution in [0.1, 0.15) is 5.56 Å². The van der Waals surface area contributed by atoms with Crippen molar-refractivity contribution in [1.29, 1.82) is 5.41 Å². The van der Waals surface area contributed by atoms with E-state index in [0.717, 1.165) is 12.1 Å². The smallest absolute Gasteiger partial charge is 0.225 e. The van der Waals surface area contributed by atoms with Gasteiger partial charge in [-0.1, -0.05) is 24.3 Å². The Morgan fingerprint density at radius 3 is 2.32 bits per heavy atom. The summed E-state index contributed by atoms with van der Waals surface area (Å²) in [5.74, 6) is -3.70. The number of allylic oxidation sites excluding steroid dienone is 4. The van der Waals surface area contributed by atoms with Gasteiger partial charge in [0.2, 0.25) is 5.91 Å². The fourth-order valence-corrected chi connectivity index (χ4v) is 2.20. The quantitative estimate of drug-likeness (QED) is 0.743. The van der Waals surface area contributed by atoms with Gasteiger partial charge in [0, 0.05) is 22.9 Å². The molecular formula is C16H15F2N3O. The molecule has 1 aromatic carbocycles. The standard InChI is InChI=1S/C16H15F2N3O/c17-12-6-5-9(7-13(12)18)14(19)8-15(20)10-3-1-2-4-11(10)16(21)22/h1-8,10-11,20H,19H2,(H2,21,22)/b14-8-,20-15?. The number of primary amides is 1. The number of rotatable bonds is 4. The summed E-state index contributed by atoms with van der Waals surface area (Å²) in [6.07, 6.45) is 7.99. The van der Waals surface area contributed by atoms with Gasteiger partial charge >= 0.3 is 0 Å². The Labute approximate surface area is 126 Å². The molecule has 0 saturated carbocycles. The molecule has 0 aliphatic heterocycles. The van der Waals surface area contributed by atoms with Crippen molar-refractivity contribution < 1.29 is 13.6 Å². The normalized spacial score (nSPS) is 20.9. The van der Waals surface area contributed by atoms with E-state index < -0.39 is 29.4 Å². The van der Waals surface area contributed by atoms with E-state index in [0.29, 0.717) is 0 Å². The average Bonchev–Trinajstić information content (AvgIpc) is 2.49. The zero-order valence-electron chi connectivity index (χ0n) is 11.6. The highest BCUT2D eigenvalue weighted by molar-refractivity contribution is 6.03. The third-order valence-electron chi connectivity index (χ3n) is 3.39. The second-order valence-electron chi connectivity index (χ2n) is 4.91. The highest BCUT2D eigenvalue weighted by atomic mass is 19.2. The molecule has 0 saturated heterocycles. The van der Waals surface area contributed by atoms with Crippen molar-refractivity contribution in [3.8, 4) is 0 Å². The zero-order chi connectivity index (χ0) is 16.3. The number of hydrogen-bond acceptors (Lipinski definition) is 3. The van der Waals surface area contributed by atoms with Crippen molar-refractivity contribution in [2.24, 2.45) is 23.3 Å². The van der Waals surface area contributed by atoms with Gasteiger partial charge < -0.3 is 16.9 Å². The minimum Gasteiger partial charge on any atom is -0.398 e. The van der Waals surface area contributed by atoms with Crippen LogP contribution < -0.4 is 11.5 Å². The molecule has 0 spiro atoms. The summed E-state index contributed by atoms with van der Waals surface area (Å²) in [6.45, 7) is 0. The van der Waals surface area contributed by atoms with E-state index in [9.17, 15) is 13.6 Å². The molecule has 0 bridgehead atoms. The Balaban J connectivity index is 2.25. The van der Waals surface area contributed by atoms with Gasteiger partial charge in [0.25, 0.3) is 0 Å². The topological polar surface area (TPSA) is 93.0 Å². The summed E-state index contributed by atoms with van der Waals surface area (Å²) in [5, 5.41) is 8.07. The third-order valence-corrected chi connectivity index (χ3v) is 3.39. The molecule has 2 unspecified atom stereocenters. The number of nitrogens with two attached hydrogens (primary N) is 2. The first-order valence-electron chi connectivity index (χ1n) is 6.55. The molecule has 1 amide bonds. The lowest BCUT2D eigenvalue weighted by atomic mass is 9.84. The summed E-state index contributed by atoms with van der Waals surface area (Å²) in [7, 11) is 0. The van der Waals surface area contributed by atoms with Crippen LogP contribution in [-0.4, -0.2) is 11.6 Å². The van der Waals surface area contributed by atoms with Crippen molar-refractivity contribution in [3.63, 3.8) is 0 Å². The highest BCUT2D eigenvalue weighted by Gasteiger charge is 2.26. The van der Waals surface area contributed by atoms with Crippen LogP contribution in [0.15, 0.2) is 48.6 Å². The van der Waals surface area contributed by atoms with Gasteiger partial charge in [0.15, 0.2) is 11.6 Å². The lowest BCUT2D eigenvalue weighted by Crippen LogP contribution is -2.32. The van der Waals surface area contributed by atoms with Crippen molar-refractivity contribution in [2.75, 3.05) is 0 Å². The molecule has 4 nitrogen and oxygen atoms in total. The molecule has 1 aliphatic carbocycles. The predicted octanol–water partition coefficient (Wildman–Crippen LogP) is 2.13. The van der Waals surface area contributed by atoms with Crippen molar-refractivity contribution in [3.05, 3.63) is 65.8 Å². The molecular weight excluding hydrogens is 288 g/mol. The SMILES string of the molecule is N=C(/C=C(\N)c1ccc(F)c(F)c1)C1C=CC=CC1C(N)=O. The fraction of sp³-hybridized carbons (Fsp3) is 0.125. The number of nitrogens with one attached hydrogen (secondary N) is 1. The lowest BCUT2D eigenvalue weighted by molar-refractivity contribution is -0.120. The van der Waals surface area contributed by atoms with Crippen LogP contribution in [0.2, 0.25) is 0 Å². The first-order valence-corrected chi connectivity index (χ1v) is 6.55. The summed E-state index contributed by atoms with van der Waals surface area (Å²) in [5.41, 5.74) is 11.6. The number of carbonyl (C=O) groups is 1. The van der Waals surface area contributed by atoms with Crippen LogP contribution in [0.5, 0.6) is 0 Å². The highest BCUT2D eigenvalue weighted by Crippen LogP contribution is 2.22. The lowest BCUT2D eigenvalue weighted by Gasteiger charge is -2.21. The van der Waals surface area contributed by atoms with E-state index >= 15 is 0 Å². The van der Waals surface area contributed by atoms with Gasteiger partial charge in [0.05, 0.1) is 5.92 Å². The molecule has 2 rings (SSSR count). The molecule has 5 N–H and O–H groups in total. The van der Waals surface area contributed by atoms with Crippen molar-refractivity contribution >= 4 is 17.3 Å². The van der Waals surface area contributed by atoms with Crippen molar-refractivity contribution in [1.82, 2.24) is 0 Å². The van der Waals surface area contributed by atoms with E-state index in [4.69, 9.17) is 16.9 Å². The van der Waals surface area contributed by atoms with E-state index in [1.165, 1.54) is 12.1 Å². The maximum atomic E-state index is 13.2. The Morgan fingerprint density at radius 2 is 1.73 bits per heavy atom. The molecule has 114 valence electrons. The van der Waals surface area contributed by atoms with Gasteiger partial charge in [-0.3, -0.25) is 4.79 Å². The summed E-state index contributed by atoms with van der Waals surface area (Å²) >= 11 is 0. The van der Waals surface area contributed by atoms with Gasteiger partial charge in [-0.25, -0.2) is 8.78 Å². The first kappa shape index (κ1) is 15.6. The minimum atomic E-state index is -1.02. The monoisotopic (exact) mass is 303 g/mol. The van der Waals surface area contributed by atoms with Gasteiger partial charge in [-0.2, -0.15) is 0 Å². The Kier molecular flexibility index (Phi) is 4.50. The minimum absolute atomic E-state index is 0.0617. The average molecular weight is 303 g/mol. The second-order valence-corrected chi connectivity index (χ2v) is 4.91. The van der Waals surface area contributed by atoms with E-state index in [-0.39, 0.29) is 17.0 Å². The molecule has 1 aromatic rings. The number of hydrogen-bond donors (Lipinski definition) is 3. The van der Waals surface area contributed by atoms with Crippen LogP contribution in [0, 0.1) is 28.9 Å². The predicted molar refractivity (Wildman–Crippen MR) is 80.7 cm³/mol. The Morgan fingerprint density at radius 1 is 1.09 bits per heavy atom. The summed E-state index contributed by atoms with van der Waals surface area (Å²) in [4.78, 5) is 11.4. The number of halogens is 2. The van der Waals surface area contributed by atoms with Gasteiger partial charge in [-0.15, -0.1) is 0 Å². The van der Waals surface area contributed by atoms with Gasteiger partial charge in [-0.05, 0) is 24.3 Å². The third kappa shape index (κ3) is 3.28. The maximum absolute atomic E-state index is 13.2. The Bertz CT molecular complexity index is 707. The van der Waals surface area contributed by atoms with Gasteiger partial charge in [0.1, 0.15) is 0 Å². The molecule has 0 fully saturated rings. The van der Waals surface area contributed by atoms with E-state index in [1.807, 2.05) is 0 Å². The van der Waals surface area contributed by atoms with Crippen LogP contribution in [0.3, 0.4) is 0 Å². The maximum Gasteiger partial charge on any atom is 0.225 e. The molecule has 1 aliphatic rings. The summed E-state index contributed by atoms with van der Waals surface area (Å²) < 4.78 is 26.1. The Hall–Kier alpha value is -2.76. The molecule has 0 aromatic heterocycles. The van der Waals surface area contributed by atoms with Crippen LogP contribution in [-0.2, 0) is 4.79 Å². The second kappa shape index (κ2) is 6.34. The summed E-state index contributed by atoms with van der Waals surface area (Å²) in [6, 6.07) is 3.24. The molecule has 22 heavy (non-hydrogen) atoms. The number of benzene rings is 1. The van der Waals surface area contributed by atoms with E-state index in [2.05, 4.69) is 0 Å². The molecule has 0 heterocycles.